The van der Waals surface area contributed by atoms with E-state index in [0.717, 1.165) is 47.8 Å². The Morgan fingerprint density at radius 2 is 1.58 bits per heavy atom. The van der Waals surface area contributed by atoms with Crippen molar-refractivity contribution in [2.45, 2.75) is 13.8 Å². The van der Waals surface area contributed by atoms with Gasteiger partial charge in [-0.25, -0.2) is 0 Å². The molecular weight excluding hydrogens is 446 g/mol. The summed E-state index contributed by atoms with van der Waals surface area (Å²) in [4.78, 5) is 17.2. The summed E-state index contributed by atoms with van der Waals surface area (Å²) in [7, 11) is 8.13. The van der Waals surface area contributed by atoms with Gasteiger partial charge in [0.15, 0.2) is 5.78 Å². The number of hydrogen-bond acceptors (Lipinski definition) is 5. The zero-order valence-corrected chi connectivity index (χ0v) is 22.5. The van der Waals surface area contributed by atoms with Gasteiger partial charge in [-0.1, -0.05) is 47.5 Å². The molecule has 0 aliphatic carbocycles. The summed E-state index contributed by atoms with van der Waals surface area (Å²) in [5.41, 5.74) is 7.19. The molecule has 0 spiro atoms. The third-order valence-electron chi connectivity index (χ3n) is 5.81. The van der Waals surface area contributed by atoms with Crippen LogP contribution in [0.25, 0.3) is 17.2 Å². The number of anilines is 1. The van der Waals surface area contributed by atoms with Crippen molar-refractivity contribution in [1.29, 1.82) is 0 Å². The van der Waals surface area contributed by atoms with Crippen molar-refractivity contribution < 1.29 is 9.53 Å². The first kappa shape index (κ1) is 27.2. The Morgan fingerprint density at radius 1 is 0.861 bits per heavy atom. The molecule has 0 atom stereocenters. The second-order valence-electron chi connectivity index (χ2n) is 9.79. The van der Waals surface area contributed by atoms with Crippen molar-refractivity contribution in [2.75, 3.05) is 59.7 Å². The largest absolute Gasteiger partial charge is 0.492 e. The Balaban J connectivity index is 1.85. The Morgan fingerprint density at radius 3 is 2.28 bits per heavy atom. The minimum Gasteiger partial charge on any atom is -0.492 e. The molecule has 3 rings (SSSR count). The zero-order valence-electron chi connectivity index (χ0n) is 22.5. The van der Waals surface area contributed by atoms with Gasteiger partial charge in [0, 0.05) is 36.4 Å². The lowest BCUT2D eigenvalue weighted by atomic mass is 9.98. The van der Waals surface area contributed by atoms with Crippen molar-refractivity contribution in [3.63, 3.8) is 0 Å². The van der Waals surface area contributed by atoms with E-state index < -0.39 is 0 Å². The van der Waals surface area contributed by atoms with Crippen molar-refractivity contribution in [1.82, 2.24) is 9.80 Å². The van der Waals surface area contributed by atoms with Crippen LogP contribution in [0.5, 0.6) is 5.75 Å². The van der Waals surface area contributed by atoms with E-state index in [1.807, 2.05) is 64.6 Å². The lowest BCUT2D eigenvalue weighted by Gasteiger charge is -2.14. The average molecular weight is 486 g/mol. The van der Waals surface area contributed by atoms with Gasteiger partial charge >= 0.3 is 0 Å². The second-order valence-corrected chi connectivity index (χ2v) is 9.79. The molecule has 0 aliphatic heterocycles. The van der Waals surface area contributed by atoms with Crippen molar-refractivity contribution >= 4 is 17.5 Å². The molecule has 3 aromatic carbocycles. The van der Waals surface area contributed by atoms with E-state index in [0.29, 0.717) is 12.2 Å². The number of allylic oxidation sites excluding steroid dienone is 1. The molecule has 0 aromatic heterocycles. The number of benzene rings is 3. The van der Waals surface area contributed by atoms with Gasteiger partial charge in [0.25, 0.3) is 0 Å². The van der Waals surface area contributed by atoms with Gasteiger partial charge in [-0.3, -0.25) is 4.79 Å². The number of nitrogens with one attached hydrogen (secondary N) is 1. The van der Waals surface area contributed by atoms with Gasteiger partial charge in [-0.05, 0) is 89.6 Å². The fourth-order valence-corrected chi connectivity index (χ4v) is 3.94. The van der Waals surface area contributed by atoms with Crippen molar-refractivity contribution in [3.05, 3.63) is 89.0 Å². The van der Waals surface area contributed by atoms with Crippen LogP contribution in [-0.4, -0.2) is 70.0 Å². The molecule has 3 aromatic rings. The van der Waals surface area contributed by atoms with Crippen LogP contribution < -0.4 is 10.1 Å². The SMILES string of the molecule is Cc1cc(C)cc(-c2ccc(OCCN(C)C)c(/C=C/C(=O)c3cccc(NCCN(C)C)c3)c2)c1. The van der Waals surface area contributed by atoms with Gasteiger partial charge in [-0.15, -0.1) is 0 Å². The molecule has 5 nitrogen and oxygen atoms in total. The summed E-state index contributed by atoms with van der Waals surface area (Å²) in [6.07, 6.45) is 3.50. The van der Waals surface area contributed by atoms with Gasteiger partial charge in [0.1, 0.15) is 12.4 Å². The van der Waals surface area contributed by atoms with Crippen molar-refractivity contribution in [2.24, 2.45) is 0 Å². The van der Waals surface area contributed by atoms with Gasteiger partial charge < -0.3 is 19.9 Å². The topological polar surface area (TPSA) is 44.8 Å². The van der Waals surface area contributed by atoms with Crippen LogP contribution in [0.3, 0.4) is 0 Å². The van der Waals surface area contributed by atoms with E-state index in [1.165, 1.54) is 11.1 Å². The van der Waals surface area contributed by atoms with Crippen molar-refractivity contribution in [3.8, 4) is 16.9 Å². The third kappa shape index (κ3) is 8.36. The molecule has 0 radical (unpaired) electrons. The van der Waals surface area contributed by atoms with E-state index in [2.05, 4.69) is 59.3 Å². The molecular formula is C31H39N3O2. The number of ketones is 1. The quantitative estimate of drug-likeness (QED) is 0.260. The number of hydrogen-bond donors (Lipinski definition) is 1. The number of likely N-dealkylation sites (N-methyl/N-ethyl adjacent to an activating group) is 2. The highest BCUT2D eigenvalue weighted by atomic mass is 16.5. The summed E-state index contributed by atoms with van der Waals surface area (Å²) < 4.78 is 6.09. The summed E-state index contributed by atoms with van der Waals surface area (Å²) in [5.74, 6) is 0.732. The van der Waals surface area contributed by atoms with E-state index in [4.69, 9.17) is 4.74 Å². The average Bonchev–Trinajstić information content (AvgIpc) is 2.82. The molecule has 0 amide bonds. The highest BCUT2D eigenvalue weighted by Gasteiger charge is 2.09. The van der Waals surface area contributed by atoms with Crippen LogP contribution in [-0.2, 0) is 0 Å². The summed E-state index contributed by atoms with van der Waals surface area (Å²) in [6.45, 7) is 7.35. The van der Waals surface area contributed by atoms with Crippen LogP contribution in [0, 0.1) is 13.8 Å². The Kier molecular flexibility index (Phi) is 9.86. The molecule has 5 heteroatoms. The van der Waals surface area contributed by atoms with Gasteiger partial charge in [0.2, 0.25) is 0 Å². The first-order chi connectivity index (χ1) is 17.2. The minimum atomic E-state index is -0.0395. The highest BCUT2D eigenvalue weighted by Crippen LogP contribution is 2.29. The van der Waals surface area contributed by atoms with E-state index in [1.54, 1.807) is 6.08 Å². The lowest BCUT2D eigenvalue weighted by Crippen LogP contribution is -2.20. The molecule has 0 saturated heterocycles. The maximum atomic E-state index is 13.0. The zero-order chi connectivity index (χ0) is 26.1. The number of nitrogens with zero attached hydrogens (tertiary/aromatic N) is 2. The predicted octanol–water partition coefficient (Wildman–Crippen LogP) is 5.78. The number of aryl methyl sites for hydroxylation is 2. The van der Waals surface area contributed by atoms with Gasteiger partial charge in [-0.2, -0.15) is 0 Å². The van der Waals surface area contributed by atoms with E-state index in [-0.39, 0.29) is 5.78 Å². The Labute approximate surface area is 216 Å². The Hall–Kier alpha value is -3.41. The fourth-order valence-electron chi connectivity index (χ4n) is 3.94. The third-order valence-corrected chi connectivity index (χ3v) is 5.81. The standard InChI is InChI=1S/C31H39N3O2/c1-23-18-24(2)20-28(19-23)25-11-13-31(36-17-16-34(5)6)27(21-25)10-12-30(35)26-8-7-9-29(22-26)32-14-15-33(3)4/h7-13,18-22,32H,14-17H2,1-6H3/b12-10+. The minimum absolute atomic E-state index is 0.0395. The molecule has 0 unspecified atom stereocenters. The molecule has 1 N–H and O–H groups in total. The molecule has 36 heavy (non-hydrogen) atoms. The smallest absolute Gasteiger partial charge is 0.185 e. The van der Waals surface area contributed by atoms with Crippen LogP contribution in [0.4, 0.5) is 5.69 Å². The Bertz CT molecular complexity index is 1180. The molecule has 0 bridgehead atoms. The normalized spacial score (nSPS) is 11.4. The fraction of sp³-hybridized carbons (Fsp3) is 0.323. The van der Waals surface area contributed by atoms with Crippen LogP contribution >= 0.6 is 0 Å². The second kappa shape index (κ2) is 13.1. The summed E-state index contributed by atoms with van der Waals surface area (Å²) in [6, 6.07) is 20.4. The maximum absolute atomic E-state index is 13.0. The monoisotopic (exact) mass is 485 g/mol. The molecule has 0 fully saturated rings. The number of ether oxygens (including phenoxy) is 1. The first-order valence-corrected chi connectivity index (χ1v) is 12.4. The predicted molar refractivity (Wildman–Crippen MR) is 152 cm³/mol. The number of rotatable bonds is 12. The van der Waals surface area contributed by atoms with E-state index >= 15 is 0 Å². The van der Waals surface area contributed by atoms with Crippen LogP contribution in [0.2, 0.25) is 0 Å². The van der Waals surface area contributed by atoms with Crippen LogP contribution in [0.1, 0.15) is 27.0 Å². The summed E-state index contributed by atoms with van der Waals surface area (Å²) in [5, 5.41) is 3.38. The number of carbonyl (C=O) groups is 1. The lowest BCUT2D eigenvalue weighted by molar-refractivity contribution is 0.104. The molecule has 190 valence electrons. The van der Waals surface area contributed by atoms with Crippen LogP contribution in [0.15, 0.2) is 66.7 Å². The summed E-state index contributed by atoms with van der Waals surface area (Å²) >= 11 is 0. The van der Waals surface area contributed by atoms with Gasteiger partial charge in [0.05, 0.1) is 0 Å². The highest BCUT2D eigenvalue weighted by molar-refractivity contribution is 6.07. The first-order valence-electron chi connectivity index (χ1n) is 12.4. The van der Waals surface area contributed by atoms with E-state index in [9.17, 15) is 4.79 Å². The molecule has 0 heterocycles. The molecule has 0 saturated carbocycles. The molecule has 0 aliphatic rings. The maximum Gasteiger partial charge on any atom is 0.185 e. The number of carbonyl (C=O) groups excluding carboxylic acids is 1.